The van der Waals surface area contributed by atoms with Crippen LogP contribution in [0.15, 0.2) is 18.3 Å². The zero-order valence-corrected chi connectivity index (χ0v) is 8.62. The van der Waals surface area contributed by atoms with Gasteiger partial charge in [0.1, 0.15) is 5.82 Å². The summed E-state index contributed by atoms with van der Waals surface area (Å²) in [5.74, 6) is 1.04. The summed E-state index contributed by atoms with van der Waals surface area (Å²) >= 11 is 0. The fourth-order valence-corrected chi connectivity index (χ4v) is 1.78. The first-order valence-corrected chi connectivity index (χ1v) is 4.86. The van der Waals surface area contributed by atoms with E-state index >= 15 is 0 Å². The van der Waals surface area contributed by atoms with Crippen LogP contribution in [0.5, 0.6) is 0 Å². The molecule has 14 heavy (non-hydrogen) atoms. The summed E-state index contributed by atoms with van der Waals surface area (Å²) in [5.41, 5.74) is 9.06. The van der Waals surface area contributed by atoms with Gasteiger partial charge in [-0.05, 0) is 38.4 Å². The van der Waals surface area contributed by atoms with Crippen molar-refractivity contribution in [3.8, 4) is 0 Å². The van der Waals surface area contributed by atoms with E-state index in [1.54, 1.807) is 0 Å². The summed E-state index contributed by atoms with van der Waals surface area (Å²) in [6.07, 6.45) is 3.05. The maximum absolute atomic E-state index is 5.52. The molecule has 2 heterocycles. The number of hydrogen-bond donors (Lipinski definition) is 1. The number of rotatable bonds is 2. The molecule has 2 N–H and O–H groups in total. The zero-order valence-electron chi connectivity index (χ0n) is 8.62. The van der Waals surface area contributed by atoms with Crippen LogP contribution in [0.1, 0.15) is 17.1 Å². The topological polar surface area (TPSA) is 43.3 Å². The minimum absolute atomic E-state index is 0.693. The molecule has 0 bridgehead atoms. The van der Waals surface area contributed by atoms with Crippen molar-refractivity contribution < 1.29 is 0 Å². The van der Waals surface area contributed by atoms with E-state index in [2.05, 4.69) is 27.7 Å². The Morgan fingerprint density at radius 2 is 2.14 bits per heavy atom. The maximum Gasteiger partial charge on any atom is 0.110 e. The highest BCUT2D eigenvalue weighted by molar-refractivity contribution is 5.53. The number of aryl methyl sites for hydroxylation is 2. The van der Waals surface area contributed by atoms with Crippen LogP contribution in [0.4, 0.5) is 0 Å². The van der Waals surface area contributed by atoms with Gasteiger partial charge in [-0.3, -0.25) is 0 Å². The smallest absolute Gasteiger partial charge is 0.110 e. The first kappa shape index (κ1) is 9.21. The van der Waals surface area contributed by atoms with E-state index in [-0.39, 0.29) is 0 Å². The van der Waals surface area contributed by atoms with Gasteiger partial charge in [0.05, 0.1) is 11.2 Å². The van der Waals surface area contributed by atoms with Gasteiger partial charge >= 0.3 is 0 Å². The molecule has 0 atom stereocenters. The molecule has 0 aliphatic rings. The summed E-state index contributed by atoms with van der Waals surface area (Å²) in [7, 11) is 0. The van der Waals surface area contributed by atoms with Gasteiger partial charge in [-0.2, -0.15) is 0 Å². The minimum Gasteiger partial charge on any atom is -0.330 e. The molecule has 3 nitrogen and oxygen atoms in total. The van der Waals surface area contributed by atoms with Gasteiger partial charge in [0.25, 0.3) is 0 Å². The quantitative estimate of drug-likeness (QED) is 0.777. The molecular formula is C11H15N3. The van der Waals surface area contributed by atoms with Gasteiger partial charge in [-0.15, -0.1) is 0 Å². The second-order valence-electron chi connectivity index (χ2n) is 3.58. The third kappa shape index (κ3) is 1.40. The van der Waals surface area contributed by atoms with Crippen LogP contribution in [-0.2, 0) is 6.42 Å². The van der Waals surface area contributed by atoms with Crippen molar-refractivity contribution >= 4 is 5.52 Å². The molecule has 0 spiro atoms. The van der Waals surface area contributed by atoms with E-state index in [0.29, 0.717) is 6.54 Å². The third-order valence-corrected chi connectivity index (χ3v) is 2.49. The Balaban J connectivity index is 2.59. The number of nitrogens with zero attached hydrogens (tertiary/aromatic N) is 2. The lowest BCUT2D eigenvalue weighted by molar-refractivity contribution is 0.940. The second-order valence-corrected chi connectivity index (χ2v) is 3.58. The molecule has 2 aromatic heterocycles. The third-order valence-electron chi connectivity index (χ3n) is 2.49. The van der Waals surface area contributed by atoms with E-state index < -0.39 is 0 Å². The Bertz CT molecular complexity index is 457. The molecule has 0 aromatic carbocycles. The van der Waals surface area contributed by atoms with Crippen molar-refractivity contribution in [3.63, 3.8) is 0 Å². The van der Waals surface area contributed by atoms with Crippen molar-refractivity contribution in [1.82, 2.24) is 9.38 Å². The molecule has 0 saturated carbocycles. The summed E-state index contributed by atoms with van der Waals surface area (Å²) < 4.78 is 2.13. The van der Waals surface area contributed by atoms with E-state index in [1.807, 2.05) is 13.8 Å². The zero-order chi connectivity index (χ0) is 10.1. The summed E-state index contributed by atoms with van der Waals surface area (Å²) in [5, 5.41) is 0. The average molecular weight is 189 g/mol. The van der Waals surface area contributed by atoms with Crippen LogP contribution in [0.3, 0.4) is 0 Å². The number of fused-ring (bicyclic) bond motifs is 1. The summed E-state index contributed by atoms with van der Waals surface area (Å²) in [4.78, 5) is 4.42. The van der Waals surface area contributed by atoms with Crippen LogP contribution in [0, 0.1) is 13.8 Å². The molecule has 0 aliphatic heterocycles. The van der Waals surface area contributed by atoms with Crippen LogP contribution in [0.2, 0.25) is 0 Å². The molecule has 74 valence electrons. The molecule has 0 aliphatic carbocycles. The normalized spacial score (nSPS) is 11.1. The van der Waals surface area contributed by atoms with E-state index in [9.17, 15) is 0 Å². The molecule has 0 radical (unpaired) electrons. The van der Waals surface area contributed by atoms with Crippen molar-refractivity contribution in [1.29, 1.82) is 0 Å². The first-order valence-electron chi connectivity index (χ1n) is 4.86. The molecule has 2 aromatic rings. The molecule has 2 rings (SSSR count). The van der Waals surface area contributed by atoms with Crippen molar-refractivity contribution in [2.45, 2.75) is 20.3 Å². The Kier molecular flexibility index (Phi) is 2.25. The molecule has 0 fully saturated rings. The summed E-state index contributed by atoms with van der Waals surface area (Å²) in [6.45, 7) is 4.75. The van der Waals surface area contributed by atoms with E-state index in [0.717, 1.165) is 17.9 Å². The Morgan fingerprint density at radius 1 is 1.36 bits per heavy atom. The first-order chi connectivity index (χ1) is 6.72. The second kappa shape index (κ2) is 3.42. The fourth-order valence-electron chi connectivity index (χ4n) is 1.78. The highest BCUT2D eigenvalue weighted by Gasteiger charge is 2.03. The van der Waals surface area contributed by atoms with E-state index in [4.69, 9.17) is 5.73 Å². The molecule has 0 amide bonds. The number of imidazole rings is 1. The monoisotopic (exact) mass is 189 g/mol. The maximum atomic E-state index is 5.52. The van der Waals surface area contributed by atoms with E-state index in [1.165, 1.54) is 11.1 Å². The minimum atomic E-state index is 0.693. The molecule has 0 saturated heterocycles. The lowest BCUT2D eigenvalue weighted by atomic mass is 10.2. The Hall–Kier alpha value is -1.35. The highest BCUT2D eigenvalue weighted by Crippen LogP contribution is 2.13. The van der Waals surface area contributed by atoms with Gasteiger partial charge in [-0.25, -0.2) is 4.98 Å². The summed E-state index contributed by atoms with van der Waals surface area (Å²) in [6, 6.07) is 4.23. The molecule has 3 heteroatoms. The largest absolute Gasteiger partial charge is 0.330 e. The van der Waals surface area contributed by atoms with Gasteiger partial charge in [-0.1, -0.05) is 6.07 Å². The van der Waals surface area contributed by atoms with Crippen LogP contribution >= 0.6 is 0 Å². The predicted octanol–water partition coefficient (Wildman–Crippen LogP) is 1.45. The molecular weight excluding hydrogens is 174 g/mol. The van der Waals surface area contributed by atoms with Gasteiger partial charge in [0.15, 0.2) is 0 Å². The Labute approximate surface area is 83.6 Å². The average Bonchev–Trinajstić information content (AvgIpc) is 2.43. The van der Waals surface area contributed by atoms with Crippen molar-refractivity contribution in [2.24, 2.45) is 5.73 Å². The van der Waals surface area contributed by atoms with Gasteiger partial charge < -0.3 is 10.1 Å². The fraction of sp³-hybridized carbons (Fsp3) is 0.364. The lowest BCUT2D eigenvalue weighted by Gasteiger charge is -2.01. The van der Waals surface area contributed by atoms with Crippen molar-refractivity contribution in [2.75, 3.05) is 6.54 Å². The van der Waals surface area contributed by atoms with Gasteiger partial charge in [0, 0.05) is 6.20 Å². The number of nitrogens with two attached hydrogens (primary N) is 1. The predicted molar refractivity (Wildman–Crippen MR) is 57.4 cm³/mol. The van der Waals surface area contributed by atoms with Crippen molar-refractivity contribution in [3.05, 3.63) is 35.4 Å². The number of aromatic nitrogens is 2. The number of pyridine rings is 1. The van der Waals surface area contributed by atoms with Crippen LogP contribution < -0.4 is 5.73 Å². The van der Waals surface area contributed by atoms with Crippen LogP contribution in [-0.4, -0.2) is 15.9 Å². The standard InChI is InChI=1S/C11H15N3/c1-8-11-4-3-10(5-6-12)7-14(11)9(2)13-8/h3-4,7H,5-6,12H2,1-2H3. The van der Waals surface area contributed by atoms with Gasteiger partial charge in [0.2, 0.25) is 0 Å². The lowest BCUT2D eigenvalue weighted by Crippen LogP contribution is -2.03. The molecule has 0 unspecified atom stereocenters. The SMILES string of the molecule is Cc1nc(C)n2cc(CCN)ccc12. The number of hydrogen-bond acceptors (Lipinski definition) is 2. The highest BCUT2D eigenvalue weighted by atomic mass is 15.0. The Morgan fingerprint density at radius 3 is 2.86 bits per heavy atom. The van der Waals surface area contributed by atoms with Crippen LogP contribution in [0.25, 0.3) is 5.52 Å².